The van der Waals surface area contributed by atoms with Crippen LogP contribution < -0.4 is 27.4 Å². The smallest absolute Gasteiger partial charge is 0.326 e. The van der Waals surface area contributed by atoms with Gasteiger partial charge in [0.05, 0.1) is 18.9 Å². The molecule has 196 valence electrons. The largest absolute Gasteiger partial charge is 0.481 e. The van der Waals surface area contributed by atoms with E-state index in [1.165, 1.54) is 19.4 Å². The average Bonchev–Trinajstić information content (AvgIpc) is 3.29. The van der Waals surface area contributed by atoms with Crippen molar-refractivity contribution in [2.75, 3.05) is 6.54 Å². The quantitative estimate of drug-likeness (QED) is 0.102. The third-order valence-electron chi connectivity index (χ3n) is 5.01. The van der Waals surface area contributed by atoms with Gasteiger partial charge in [-0.25, -0.2) is 9.78 Å². The molecule has 5 unspecified atom stereocenters. The van der Waals surface area contributed by atoms with E-state index < -0.39 is 66.4 Å². The maximum atomic E-state index is 13.1. The number of hydrogen-bond donors (Lipinski definition) is 9. The molecular formula is C20H33N7O8. The van der Waals surface area contributed by atoms with Crippen LogP contribution in [0.3, 0.4) is 0 Å². The van der Waals surface area contributed by atoms with Crippen LogP contribution in [0.2, 0.25) is 0 Å². The number of imidazole rings is 1. The molecule has 0 saturated heterocycles. The number of aliphatic hydroxyl groups is 1. The van der Waals surface area contributed by atoms with E-state index in [-0.39, 0.29) is 12.8 Å². The Bertz CT molecular complexity index is 862. The van der Waals surface area contributed by atoms with Gasteiger partial charge in [-0.15, -0.1) is 0 Å². The molecule has 0 aliphatic rings. The van der Waals surface area contributed by atoms with Crippen LogP contribution in [-0.4, -0.2) is 91.8 Å². The third kappa shape index (κ3) is 10.5. The van der Waals surface area contributed by atoms with Crippen LogP contribution >= 0.6 is 0 Å². The maximum absolute atomic E-state index is 13.1. The van der Waals surface area contributed by atoms with Crippen LogP contribution in [0.1, 0.15) is 38.3 Å². The molecular weight excluding hydrogens is 466 g/mol. The Labute approximate surface area is 201 Å². The number of nitrogens with zero attached hydrogens (tertiary/aromatic N) is 1. The highest BCUT2D eigenvalue weighted by atomic mass is 16.4. The first-order valence-electron chi connectivity index (χ1n) is 10.9. The lowest BCUT2D eigenvalue weighted by atomic mass is 10.0. The number of H-pyrrole nitrogens is 1. The second-order valence-corrected chi connectivity index (χ2v) is 7.95. The minimum Gasteiger partial charge on any atom is -0.481 e. The fourth-order valence-corrected chi connectivity index (χ4v) is 2.99. The van der Waals surface area contributed by atoms with Crippen LogP contribution in [-0.2, 0) is 30.4 Å². The number of hydrogen-bond acceptors (Lipinski definition) is 9. The Balaban J connectivity index is 3.06. The van der Waals surface area contributed by atoms with E-state index in [9.17, 15) is 34.2 Å². The number of carbonyl (C=O) groups is 5. The lowest BCUT2D eigenvalue weighted by molar-refractivity contribution is -0.147. The molecule has 1 heterocycles. The molecule has 1 aromatic rings. The van der Waals surface area contributed by atoms with E-state index in [1.54, 1.807) is 0 Å². The number of aliphatic carboxylic acids is 2. The number of aromatic amines is 1. The van der Waals surface area contributed by atoms with Crippen molar-refractivity contribution >= 4 is 29.7 Å². The summed E-state index contributed by atoms with van der Waals surface area (Å²) in [6.07, 6.45) is 1.67. The summed E-state index contributed by atoms with van der Waals surface area (Å²) in [5, 5.41) is 34.7. The van der Waals surface area contributed by atoms with Crippen LogP contribution in [0.25, 0.3) is 0 Å². The van der Waals surface area contributed by atoms with Crippen molar-refractivity contribution in [3.05, 3.63) is 18.2 Å². The highest BCUT2D eigenvalue weighted by Gasteiger charge is 2.31. The van der Waals surface area contributed by atoms with Gasteiger partial charge in [-0.3, -0.25) is 19.2 Å². The Morgan fingerprint density at radius 3 is 2.11 bits per heavy atom. The van der Waals surface area contributed by atoms with Gasteiger partial charge >= 0.3 is 11.9 Å². The summed E-state index contributed by atoms with van der Waals surface area (Å²) < 4.78 is 0. The average molecular weight is 500 g/mol. The summed E-state index contributed by atoms with van der Waals surface area (Å²) in [7, 11) is 0. The topological polar surface area (TPSA) is 263 Å². The van der Waals surface area contributed by atoms with Gasteiger partial charge < -0.3 is 47.7 Å². The van der Waals surface area contributed by atoms with Crippen molar-refractivity contribution in [3.8, 4) is 0 Å². The van der Waals surface area contributed by atoms with Crippen LogP contribution in [0.15, 0.2) is 12.5 Å². The zero-order valence-corrected chi connectivity index (χ0v) is 19.3. The molecule has 0 aromatic carbocycles. The molecule has 0 fully saturated rings. The van der Waals surface area contributed by atoms with Crippen molar-refractivity contribution in [2.45, 2.75) is 69.3 Å². The number of carboxylic acids is 2. The first-order valence-corrected chi connectivity index (χ1v) is 10.9. The Hall–Kier alpha value is -3.56. The second-order valence-electron chi connectivity index (χ2n) is 7.95. The van der Waals surface area contributed by atoms with Crippen LogP contribution in [0, 0.1) is 0 Å². The third-order valence-corrected chi connectivity index (χ3v) is 5.01. The first kappa shape index (κ1) is 29.5. The van der Waals surface area contributed by atoms with Gasteiger partial charge in [-0.05, 0) is 32.7 Å². The number of aliphatic hydroxyl groups excluding tert-OH is 1. The lowest BCUT2D eigenvalue weighted by Crippen LogP contribution is -2.58. The Morgan fingerprint density at radius 2 is 1.60 bits per heavy atom. The highest BCUT2D eigenvalue weighted by Crippen LogP contribution is 2.06. The van der Waals surface area contributed by atoms with E-state index in [0.29, 0.717) is 25.1 Å². The summed E-state index contributed by atoms with van der Waals surface area (Å²) in [5.74, 6) is -5.49. The summed E-state index contributed by atoms with van der Waals surface area (Å²) in [6.45, 7) is 1.62. The molecule has 1 aromatic heterocycles. The van der Waals surface area contributed by atoms with Crippen LogP contribution in [0.5, 0.6) is 0 Å². The zero-order chi connectivity index (χ0) is 26.5. The number of carbonyl (C=O) groups excluding carboxylic acids is 3. The fourth-order valence-electron chi connectivity index (χ4n) is 2.99. The van der Waals surface area contributed by atoms with Gasteiger partial charge in [0.15, 0.2) is 0 Å². The number of rotatable bonds is 16. The molecule has 0 saturated carbocycles. The minimum atomic E-state index is -1.71. The molecule has 1 rings (SSSR count). The molecule has 0 radical (unpaired) electrons. The summed E-state index contributed by atoms with van der Waals surface area (Å²) in [5.41, 5.74) is 11.6. The molecule has 0 aliphatic heterocycles. The Kier molecular flexibility index (Phi) is 12.3. The first-order chi connectivity index (χ1) is 16.5. The van der Waals surface area contributed by atoms with Crippen molar-refractivity contribution in [1.29, 1.82) is 0 Å². The maximum Gasteiger partial charge on any atom is 0.326 e. The van der Waals surface area contributed by atoms with E-state index in [0.717, 1.165) is 0 Å². The van der Waals surface area contributed by atoms with Gasteiger partial charge in [0.25, 0.3) is 0 Å². The van der Waals surface area contributed by atoms with Crippen molar-refractivity contribution in [1.82, 2.24) is 25.9 Å². The summed E-state index contributed by atoms with van der Waals surface area (Å²) >= 11 is 0. The van der Waals surface area contributed by atoms with Crippen molar-refractivity contribution in [2.24, 2.45) is 11.5 Å². The van der Waals surface area contributed by atoms with Crippen molar-refractivity contribution < 1.29 is 39.3 Å². The molecule has 11 N–H and O–H groups in total. The molecule has 0 aliphatic carbocycles. The monoisotopic (exact) mass is 499 g/mol. The number of aromatic nitrogens is 2. The van der Waals surface area contributed by atoms with E-state index in [2.05, 4.69) is 25.9 Å². The van der Waals surface area contributed by atoms with E-state index in [4.69, 9.17) is 16.6 Å². The number of unbranched alkanes of at least 4 members (excludes halogenated alkanes) is 1. The standard InChI is InChI=1S/C20H33N7O8/c1-10(28)16(22)19(33)26-13(6-11-8-23-9-24-11)18(32)25-12(4-2-3-5-21)17(31)27-14(20(34)35)7-15(29)30/h8-10,12-14,16,28H,2-7,21-22H2,1H3,(H,23,24)(H,25,32)(H,26,33)(H,27,31)(H,29,30)(H,34,35). The normalized spacial score (nSPS) is 15.2. The predicted octanol–water partition coefficient (Wildman–Crippen LogP) is -3.20. The van der Waals surface area contributed by atoms with Gasteiger partial charge in [0.1, 0.15) is 24.2 Å². The van der Waals surface area contributed by atoms with Crippen molar-refractivity contribution in [3.63, 3.8) is 0 Å². The number of nitrogens with one attached hydrogen (secondary N) is 4. The predicted molar refractivity (Wildman–Crippen MR) is 121 cm³/mol. The zero-order valence-electron chi connectivity index (χ0n) is 19.3. The molecule has 0 bridgehead atoms. The van der Waals surface area contributed by atoms with E-state index in [1.807, 2.05) is 0 Å². The minimum absolute atomic E-state index is 0.0575. The van der Waals surface area contributed by atoms with E-state index >= 15 is 0 Å². The number of carboxylic acid groups (broad SMARTS) is 2. The molecule has 5 atom stereocenters. The second kappa shape index (κ2) is 14.6. The Morgan fingerprint density at radius 1 is 1.00 bits per heavy atom. The highest BCUT2D eigenvalue weighted by molar-refractivity contribution is 5.94. The van der Waals surface area contributed by atoms with Gasteiger partial charge in [-0.1, -0.05) is 0 Å². The molecule has 15 nitrogen and oxygen atoms in total. The number of nitrogens with two attached hydrogens (primary N) is 2. The van der Waals surface area contributed by atoms with Gasteiger partial charge in [0, 0.05) is 18.3 Å². The molecule has 15 heteroatoms. The molecule has 35 heavy (non-hydrogen) atoms. The fraction of sp³-hybridized carbons (Fsp3) is 0.600. The molecule has 0 spiro atoms. The summed E-state index contributed by atoms with van der Waals surface area (Å²) in [4.78, 5) is 67.1. The lowest BCUT2D eigenvalue weighted by Gasteiger charge is -2.25. The van der Waals surface area contributed by atoms with Gasteiger partial charge in [-0.2, -0.15) is 0 Å². The molecule has 3 amide bonds. The summed E-state index contributed by atoms with van der Waals surface area (Å²) in [6, 6.07) is -5.50. The van der Waals surface area contributed by atoms with Crippen LogP contribution in [0.4, 0.5) is 0 Å². The SMILES string of the molecule is CC(O)C(N)C(=O)NC(Cc1cnc[nH]1)C(=O)NC(CCCCN)C(=O)NC(CC(=O)O)C(=O)O. The van der Waals surface area contributed by atoms with Gasteiger partial charge in [0.2, 0.25) is 17.7 Å². The number of amides is 3.